The number of rotatable bonds is 5. The van der Waals surface area contributed by atoms with E-state index in [9.17, 15) is 9.59 Å². The van der Waals surface area contributed by atoms with Crippen molar-refractivity contribution in [2.75, 3.05) is 13.7 Å². The fraction of sp³-hybridized carbons (Fsp3) is 0.385. The Bertz CT molecular complexity index is 423. The quantitative estimate of drug-likeness (QED) is 0.446. The SMILES string of the molecule is CCOC(=O)CC(=O)c1ccc(C)cc1OC. The third-order valence-corrected chi connectivity index (χ3v) is 2.27. The van der Waals surface area contributed by atoms with Crippen LogP contribution in [0.15, 0.2) is 18.2 Å². The molecular formula is C13H16O4. The Hall–Kier alpha value is -1.84. The van der Waals surface area contributed by atoms with Crippen molar-refractivity contribution in [3.8, 4) is 5.75 Å². The lowest BCUT2D eigenvalue weighted by atomic mass is 10.1. The fourth-order valence-electron chi connectivity index (χ4n) is 1.47. The van der Waals surface area contributed by atoms with Crippen molar-refractivity contribution in [1.82, 2.24) is 0 Å². The average Bonchev–Trinajstić information content (AvgIpc) is 2.28. The highest BCUT2D eigenvalue weighted by atomic mass is 16.5. The molecule has 0 bridgehead atoms. The number of carbonyl (C=O) groups is 2. The second-order valence-corrected chi connectivity index (χ2v) is 3.61. The summed E-state index contributed by atoms with van der Waals surface area (Å²) >= 11 is 0. The van der Waals surface area contributed by atoms with Gasteiger partial charge in [-0.05, 0) is 31.5 Å². The molecule has 1 aromatic carbocycles. The molecule has 17 heavy (non-hydrogen) atoms. The maximum absolute atomic E-state index is 11.8. The Morgan fingerprint density at radius 2 is 2.00 bits per heavy atom. The number of hydrogen-bond acceptors (Lipinski definition) is 4. The third-order valence-electron chi connectivity index (χ3n) is 2.27. The van der Waals surface area contributed by atoms with Crippen LogP contribution in [0.5, 0.6) is 5.75 Å². The van der Waals surface area contributed by atoms with Crippen LogP contribution >= 0.6 is 0 Å². The van der Waals surface area contributed by atoms with Gasteiger partial charge in [-0.15, -0.1) is 0 Å². The van der Waals surface area contributed by atoms with Crippen molar-refractivity contribution in [2.45, 2.75) is 20.3 Å². The van der Waals surface area contributed by atoms with Crippen molar-refractivity contribution in [1.29, 1.82) is 0 Å². The number of methoxy groups -OCH3 is 1. The van der Waals surface area contributed by atoms with E-state index in [1.807, 2.05) is 6.92 Å². The summed E-state index contributed by atoms with van der Waals surface area (Å²) in [6.07, 6.45) is -0.257. The van der Waals surface area contributed by atoms with Crippen LogP contribution in [0.4, 0.5) is 0 Å². The number of Topliss-reactive ketones (excluding diaryl/α,β-unsaturated/α-hetero) is 1. The molecule has 1 rings (SSSR count). The molecule has 92 valence electrons. The molecular weight excluding hydrogens is 220 g/mol. The van der Waals surface area contributed by atoms with Gasteiger partial charge in [0.05, 0.1) is 19.3 Å². The van der Waals surface area contributed by atoms with Crippen LogP contribution in [0.25, 0.3) is 0 Å². The monoisotopic (exact) mass is 236 g/mol. The van der Waals surface area contributed by atoms with Crippen LogP contribution in [0.2, 0.25) is 0 Å². The van der Waals surface area contributed by atoms with Gasteiger partial charge < -0.3 is 9.47 Å². The van der Waals surface area contributed by atoms with Crippen LogP contribution in [0.1, 0.15) is 29.3 Å². The minimum absolute atomic E-state index is 0.257. The smallest absolute Gasteiger partial charge is 0.313 e. The van der Waals surface area contributed by atoms with Gasteiger partial charge in [0, 0.05) is 0 Å². The lowest BCUT2D eigenvalue weighted by molar-refractivity contribution is -0.141. The minimum Gasteiger partial charge on any atom is -0.496 e. The molecule has 0 amide bonds. The molecule has 0 saturated heterocycles. The molecule has 0 heterocycles. The highest BCUT2D eigenvalue weighted by molar-refractivity contribution is 6.07. The van der Waals surface area contributed by atoms with Crippen LogP contribution in [0, 0.1) is 6.92 Å². The molecule has 0 unspecified atom stereocenters. The zero-order valence-electron chi connectivity index (χ0n) is 10.3. The second kappa shape index (κ2) is 6.03. The Morgan fingerprint density at radius 1 is 1.29 bits per heavy atom. The molecule has 0 saturated carbocycles. The number of benzene rings is 1. The van der Waals surface area contributed by atoms with E-state index in [2.05, 4.69) is 0 Å². The van der Waals surface area contributed by atoms with Gasteiger partial charge in [-0.2, -0.15) is 0 Å². The number of esters is 1. The first-order valence-corrected chi connectivity index (χ1v) is 5.42. The van der Waals surface area contributed by atoms with E-state index >= 15 is 0 Å². The molecule has 0 radical (unpaired) electrons. The fourth-order valence-corrected chi connectivity index (χ4v) is 1.47. The maximum atomic E-state index is 11.8. The van der Waals surface area contributed by atoms with Crippen molar-refractivity contribution < 1.29 is 19.1 Å². The first-order chi connectivity index (χ1) is 8.08. The summed E-state index contributed by atoms with van der Waals surface area (Å²) in [6.45, 7) is 3.88. The van der Waals surface area contributed by atoms with Crippen LogP contribution in [-0.4, -0.2) is 25.5 Å². The predicted molar refractivity (Wildman–Crippen MR) is 63.3 cm³/mol. The Balaban J connectivity index is 2.85. The van der Waals surface area contributed by atoms with Crippen molar-refractivity contribution >= 4 is 11.8 Å². The number of ketones is 1. The minimum atomic E-state index is -0.514. The Labute approximate surface area is 101 Å². The molecule has 0 spiro atoms. The van der Waals surface area contributed by atoms with Gasteiger partial charge in [0.15, 0.2) is 5.78 Å². The molecule has 0 fully saturated rings. The molecule has 1 aromatic rings. The van der Waals surface area contributed by atoms with E-state index in [1.54, 1.807) is 25.1 Å². The summed E-state index contributed by atoms with van der Waals surface area (Å²) in [6, 6.07) is 5.23. The van der Waals surface area contributed by atoms with E-state index in [4.69, 9.17) is 9.47 Å². The van der Waals surface area contributed by atoms with E-state index in [1.165, 1.54) is 7.11 Å². The van der Waals surface area contributed by atoms with Gasteiger partial charge in [0.25, 0.3) is 0 Å². The van der Waals surface area contributed by atoms with E-state index in [0.717, 1.165) is 5.56 Å². The zero-order valence-corrected chi connectivity index (χ0v) is 10.3. The third kappa shape index (κ3) is 3.59. The highest BCUT2D eigenvalue weighted by Crippen LogP contribution is 2.21. The second-order valence-electron chi connectivity index (χ2n) is 3.61. The summed E-state index contributed by atoms with van der Waals surface area (Å²) < 4.78 is 9.85. The summed E-state index contributed by atoms with van der Waals surface area (Å²) in [4.78, 5) is 23.0. The van der Waals surface area contributed by atoms with Gasteiger partial charge >= 0.3 is 5.97 Å². The molecule has 0 aliphatic heterocycles. The largest absolute Gasteiger partial charge is 0.496 e. The van der Waals surface area contributed by atoms with Crippen LogP contribution in [-0.2, 0) is 9.53 Å². The molecule has 0 N–H and O–H groups in total. The zero-order chi connectivity index (χ0) is 12.8. The van der Waals surface area contributed by atoms with Crippen molar-refractivity contribution in [3.63, 3.8) is 0 Å². The first kappa shape index (κ1) is 13.2. The standard InChI is InChI=1S/C13H16O4/c1-4-17-13(15)8-11(14)10-6-5-9(2)7-12(10)16-3/h5-7H,4,8H2,1-3H3. The molecule has 4 nitrogen and oxygen atoms in total. The molecule has 0 aliphatic carbocycles. The first-order valence-electron chi connectivity index (χ1n) is 5.42. The molecule has 4 heteroatoms. The summed E-state index contributed by atoms with van der Waals surface area (Å²) in [7, 11) is 1.50. The van der Waals surface area contributed by atoms with Crippen molar-refractivity contribution in [2.24, 2.45) is 0 Å². The van der Waals surface area contributed by atoms with Crippen LogP contribution in [0.3, 0.4) is 0 Å². The van der Waals surface area contributed by atoms with Gasteiger partial charge in [0.1, 0.15) is 12.2 Å². The lowest BCUT2D eigenvalue weighted by Crippen LogP contribution is -2.12. The van der Waals surface area contributed by atoms with Crippen LogP contribution < -0.4 is 4.74 Å². The molecule has 0 aromatic heterocycles. The molecule has 0 atom stereocenters. The molecule has 0 aliphatic rings. The number of ether oxygens (including phenoxy) is 2. The summed E-state index contributed by atoms with van der Waals surface area (Å²) in [5, 5.41) is 0. The summed E-state index contributed by atoms with van der Waals surface area (Å²) in [5.41, 5.74) is 1.40. The number of aryl methyl sites for hydroxylation is 1. The Morgan fingerprint density at radius 3 is 2.59 bits per heavy atom. The lowest BCUT2D eigenvalue weighted by Gasteiger charge is -2.08. The highest BCUT2D eigenvalue weighted by Gasteiger charge is 2.16. The summed E-state index contributed by atoms with van der Waals surface area (Å²) in [5.74, 6) is -0.320. The maximum Gasteiger partial charge on any atom is 0.313 e. The van der Waals surface area contributed by atoms with E-state index < -0.39 is 5.97 Å². The van der Waals surface area contributed by atoms with Gasteiger partial charge in [0.2, 0.25) is 0 Å². The van der Waals surface area contributed by atoms with E-state index in [-0.39, 0.29) is 18.8 Å². The number of hydrogen-bond donors (Lipinski definition) is 0. The van der Waals surface area contributed by atoms with Crippen molar-refractivity contribution in [3.05, 3.63) is 29.3 Å². The van der Waals surface area contributed by atoms with E-state index in [0.29, 0.717) is 11.3 Å². The number of carbonyl (C=O) groups excluding carboxylic acids is 2. The average molecular weight is 236 g/mol. The predicted octanol–water partition coefficient (Wildman–Crippen LogP) is 2.14. The van der Waals surface area contributed by atoms with Gasteiger partial charge in [-0.25, -0.2) is 0 Å². The normalized spacial score (nSPS) is 9.82. The topological polar surface area (TPSA) is 52.6 Å². The Kier molecular flexibility index (Phi) is 4.69. The van der Waals surface area contributed by atoms with Gasteiger partial charge in [-0.1, -0.05) is 6.07 Å². The van der Waals surface area contributed by atoms with Gasteiger partial charge in [-0.3, -0.25) is 9.59 Å².